The van der Waals surface area contributed by atoms with Crippen molar-refractivity contribution in [3.05, 3.63) is 54.0 Å². The molecule has 0 radical (unpaired) electrons. The van der Waals surface area contributed by atoms with Gasteiger partial charge < -0.3 is 14.1 Å². The van der Waals surface area contributed by atoms with Crippen LogP contribution in [0.4, 0.5) is 0 Å². The van der Waals surface area contributed by atoms with E-state index in [-0.39, 0.29) is 30.0 Å². The molecule has 1 atom stereocenters. The van der Waals surface area contributed by atoms with Gasteiger partial charge in [-0.05, 0) is 49.2 Å². The average Bonchev–Trinajstić information content (AvgIpc) is 3.35. The Morgan fingerprint density at radius 2 is 1.97 bits per heavy atom. The highest BCUT2D eigenvalue weighted by Crippen LogP contribution is 2.23. The fourth-order valence-corrected chi connectivity index (χ4v) is 5.27. The predicted octanol–water partition coefficient (Wildman–Crippen LogP) is 4.07. The van der Waals surface area contributed by atoms with Crippen LogP contribution in [0.3, 0.4) is 0 Å². The third kappa shape index (κ3) is 6.10. The number of rotatable bonds is 10. The van der Waals surface area contributed by atoms with Crippen LogP contribution in [0.2, 0.25) is 0 Å². The first-order chi connectivity index (χ1) is 14.0. The van der Waals surface area contributed by atoms with Gasteiger partial charge in [0.05, 0.1) is 30.9 Å². The maximum atomic E-state index is 13.2. The molecule has 0 spiro atoms. The summed E-state index contributed by atoms with van der Waals surface area (Å²) in [7, 11) is -3.10. The number of benzene rings is 1. The van der Waals surface area contributed by atoms with Crippen LogP contribution in [0.25, 0.3) is 0 Å². The fraction of sp³-hybridized carbons (Fsp3) is 0.500. The van der Waals surface area contributed by atoms with E-state index in [4.69, 9.17) is 9.15 Å². The molecule has 0 saturated carbocycles. The average molecular weight is 420 g/mol. The van der Waals surface area contributed by atoms with Crippen molar-refractivity contribution in [2.45, 2.75) is 51.6 Å². The van der Waals surface area contributed by atoms with Gasteiger partial charge in [0.25, 0.3) is 5.91 Å². The second kappa shape index (κ2) is 9.96. The zero-order valence-corrected chi connectivity index (χ0v) is 17.7. The third-order valence-electron chi connectivity index (χ3n) is 5.18. The van der Waals surface area contributed by atoms with Crippen LogP contribution >= 0.6 is 0 Å². The normalized spacial score (nSPS) is 17.9. The molecule has 0 N–H and O–H groups in total. The Balaban J connectivity index is 1.67. The first-order valence-electron chi connectivity index (χ1n) is 10.2. The Hall–Kier alpha value is -2.28. The first-order valence-corrected chi connectivity index (χ1v) is 12.1. The number of unbranched alkanes of at least 4 members (excludes halogenated alkanes) is 3. The molecule has 6 nitrogen and oxygen atoms in total. The summed E-state index contributed by atoms with van der Waals surface area (Å²) < 4.78 is 35.0. The molecule has 0 bridgehead atoms. The Kier molecular flexibility index (Phi) is 7.36. The molecule has 7 heteroatoms. The summed E-state index contributed by atoms with van der Waals surface area (Å²) in [5.74, 6) is 1.29. The minimum Gasteiger partial charge on any atom is -0.494 e. The van der Waals surface area contributed by atoms with Crippen LogP contribution in [0, 0.1) is 0 Å². The molecule has 0 aliphatic carbocycles. The van der Waals surface area contributed by atoms with Crippen molar-refractivity contribution in [1.29, 1.82) is 0 Å². The van der Waals surface area contributed by atoms with E-state index in [9.17, 15) is 13.2 Å². The van der Waals surface area contributed by atoms with Gasteiger partial charge in [-0.3, -0.25) is 4.79 Å². The molecule has 1 fully saturated rings. The Morgan fingerprint density at radius 1 is 1.17 bits per heavy atom. The summed E-state index contributed by atoms with van der Waals surface area (Å²) in [6.45, 7) is 3.09. The van der Waals surface area contributed by atoms with Gasteiger partial charge >= 0.3 is 0 Å². The van der Waals surface area contributed by atoms with Crippen LogP contribution in [-0.2, 0) is 16.4 Å². The van der Waals surface area contributed by atoms with Gasteiger partial charge in [-0.25, -0.2) is 8.42 Å². The van der Waals surface area contributed by atoms with E-state index in [0.29, 0.717) is 24.4 Å². The number of amides is 1. The number of sulfone groups is 1. The number of hydrogen-bond donors (Lipinski definition) is 0. The Labute approximate surface area is 172 Å². The second-order valence-electron chi connectivity index (χ2n) is 7.50. The number of ether oxygens (including phenoxy) is 1. The molecule has 3 rings (SSSR count). The van der Waals surface area contributed by atoms with Gasteiger partial charge in [-0.2, -0.15) is 0 Å². The molecular formula is C22H29NO5S. The maximum Gasteiger partial charge on any atom is 0.254 e. The molecule has 1 aliphatic heterocycles. The number of furan rings is 1. The zero-order valence-electron chi connectivity index (χ0n) is 16.9. The van der Waals surface area contributed by atoms with Gasteiger partial charge in [0, 0.05) is 11.6 Å². The van der Waals surface area contributed by atoms with E-state index in [1.165, 1.54) is 12.8 Å². The van der Waals surface area contributed by atoms with Crippen LogP contribution in [0.5, 0.6) is 5.75 Å². The van der Waals surface area contributed by atoms with Gasteiger partial charge in [-0.1, -0.05) is 26.2 Å². The Morgan fingerprint density at radius 3 is 2.59 bits per heavy atom. The minimum atomic E-state index is -3.10. The van der Waals surface area contributed by atoms with Crippen molar-refractivity contribution >= 4 is 15.7 Å². The molecule has 0 unspecified atom stereocenters. The van der Waals surface area contributed by atoms with Crippen LogP contribution < -0.4 is 4.74 Å². The molecule has 2 aromatic rings. The van der Waals surface area contributed by atoms with Crippen molar-refractivity contribution in [3.63, 3.8) is 0 Å². The lowest BCUT2D eigenvalue weighted by Crippen LogP contribution is -2.40. The minimum absolute atomic E-state index is 0.00158. The van der Waals surface area contributed by atoms with Gasteiger partial charge in [0.1, 0.15) is 11.5 Å². The lowest BCUT2D eigenvalue weighted by Gasteiger charge is -2.27. The monoisotopic (exact) mass is 419 g/mol. The van der Waals surface area contributed by atoms with Gasteiger partial charge in [0.2, 0.25) is 0 Å². The van der Waals surface area contributed by atoms with E-state index in [1.807, 2.05) is 0 Å². The smallest absolute Gasteiger partial charge is 0.254 e. The third-order valence-corrected chi connectivity index (χ3v) is 6.93. The van der Waals surface area contributed by atoms with Crippen molar-refractivity contribution in [3.8, 4) is 5.75 Å². The van der Waals surface area contributed by atoms with Crippen molar-refractivity contribution in [2.75, 3.05) is 18.1 Å². The predicted molar refractivity (Wildman–Crippen MR) is 112 cm³/mol. The summed E-state index contributed by atoms with van der Waals surface area (Å²) in [5.41, 5.74) is 0.513. The zero-order chi connectivity index (χ0) is 20.7. The quantitative estimate of drug-likeness (QED) is 0.543. The maximum absolute atomic E-state index is 13.2. The van der Waals surface area contributed by atoms with Crippen LogP contribution in [-0.4, -0.2) is 43.4 Å². The molecular weight excluding hydrogens is 390 g/mol. The molecule has 29 heavy (non-hydrogen) atoms. The van der Waals surface area contributed by atoms with Crippen LogP contribution in [0.15, 0.2) is 47.1 Å². The van der Waals surface area contributed by atoms with Crippen molar-refractivity contribution < 1.29 is 22.4 Å². The van der Waals surface area contributed by atoms with Gasteiger partial charge in [-0.15, -0.1) is 0 Å². The number of carbonyl (C=O) groups is 1. The Bertz CT molecular complexity index is 874. The summed E-state index contributed by atoms with van der Waals surface area (Å²) >= 11 is 0. The lowest BCUT2D eigenvalue weighted by atomic mass is 10.1. The molecule has 1 saturated heterocycles. The SMILES string of the molecule is CCCCCCOc1ccc(C(=O)N(Cc2ccco2)[C@@H]2CCS(=O)(=O)C2)cc1. The molecule has 1 amide bonds. The molecule has 158 valence electrons. The lowest BCUT2D eigenvalue weighted by molar-refractivity contribution is 0.0666. The second-order valence-corrected chi connectivity index (χ2v) is 9.73. The summed E-state index contributed by atoms with van der Waals surface area (Å²) in [6.07, 6.45) is 6.57. The largest absolute Gasteiger partial charge is 0.494 e. The highest BCUT2D eigenvalue weighted by Gasteiger charge is 2.35. The van der Waals surface area contributed by atoms with Crippen molar-refractivity contribution in [1.82, 2.24) is 4.90 Å². The van der Waals surface area contributed by atoms with E-state index >= 15 is 0 Å². The highest BCUT2D eigenvalue weighted by atomic mass is 32.2. The summed E-state index contributed by atoms with van der Waals surface area (Å²) in [5, 5.41) is 0. The van der Waals surface area contributed by atoms with E-state index < -0.39 is 9.84 Å². The molecule has 1 aliphatic rings. The van der Waals surface area contributed by atoms with E-state index in [2.05, 4.69) is 6.92 Å². The first kappa shape index (κ1) is 21.4. The number of carbonyl (C=O) groups excluding carboxylic acids is 1. The number of hydrogen-bond acceptors (Lipinski definition) is 5. The number of nitrogens with zero attached hydrogens (tertiary/aromatic N) is 1. The van der Waals surface area contributed by atoms with E-state index in [1.54, 1.807) is 47.6 Å². The summed E-state index contributed by atoms with van der Waals surface area (Å²) in [4.78, 5) is 14.8. The highest BCUT2D eigenvalue weighted by molar-refractivity contribution is 7.91. The topological polar surface area (TPSA) is 76.8 Å². The van der Waals surface area contributed by atoms with E-state index in [0.717, 1.165) is 18.6 Å². The summed E-state index contributed by atoms with van der Waals surface area (Å²) in [6, 6.07) is 10.3. The molecule has 1 aromatic carbocycles. The van der Waals surface area contributed by atoms with Crippen LogP contribution in [0.1, 0.15) is 55.1 Å². The molecule has 1 aromatic heterocycles. The fourth-order valence-electron chi connectivity index (χ4n) is 3.54. The van der Waals surface area contributed by atoms with Crippen molar-refractivity contribution in [2.24, 2.45) is 0 Å². The standard InChI is InChI=1S/C22H29NO5S/c1-2-3-4-5-13-27-20-10-8-18(9-11-20)22(24)23(16-21-7-6-14-28-21)19-12-15-29(25,26)17-19/h6-11,14,19H,2-5,12-13,15-17H2,1H3/t19-/m1/s1. The molecule has 2 heterocycles. The van der Waals surface area contributed by atoms with Gasteiger partial charge in [0.15, 0.2) is 9.84 Å².